The molecule has 1 aromatic rings. The van der Waals surface area contributed by atoms with Crippen LogP contribution in [0.3, 0.4) is 0 Å². The molecule has 118 valence electrons. The van der Waals surface area contributed by atoms with E-state index in [0.717, 1.165) is 19.0 Å². The Morgan fingerprint density at radius 1 is 1.29 bits per heavy atom. The second-order valence-electron chi connectivity index (χ2n) is 6.34. The number of nitrogens with zero attached hydrogens (tertiary/aromatic N) is 2. The van der Waals surface area contributed by atoms with Crippen LogP contribution in [0.15, 0.2) is 12.3 Å². The Morgan fingerprint density at radius 2 is 2.14 bits per heavy atom. The van der Waals surface area contributed by atoms with Gasteiger partial charge in [0.05, 0.1) is 0 Å². The molecule has 1 fully saturated rings. The summed E-state index contributed by atoms with van der Waals surface area (Å²) in [7, 11) is 0. The highest BCUT2D eigenvalue weighted by atomic mass is 15.2. The zero-order valence-corrected chi connectivity index (χ0v) is 14.0. The maximum atomic E-state index is 4.75. The lowest BCUT2D eigenvalue weighted by Gasteiger charge is -2.24. The van der Waals surface area contributed by atoms with Gasteiger partial charge in [-0.2, -0.15) is 0 Å². The third-order valence-corrected chi connectivity index (χ3v) is 4.53. The molecule has 1 N–H and O–H groups in total. The van der Waals surface area contributed by atoms with Crippen LogP contribution in [0.25, 0.3) is 0 Å². The Bertz CT molecular complexity index is 430. The molecule has 0 saturated carbocycles. The average molecular weight is 289 g/mol. The average Bonchev–Trinajstić information content (AvgIpc) is 2.71. The highest BCUT2D eigenvalue weighted by Gasteiger charge is 2.18. The lowest BCUT2D eigenvalue weighted by atomic mass is 9.96. The molecule has 0 bridgehead atoms. The molecule has 2 heterocycles. The summed E-state index contributed by atoms with van der Waals surface area (Å²) in [5.74, 6) is 2.13. The second-order valence-corrected chi connectivity index (χ2v) is 6.34. The maximum absolute atomic E-state index is 4.75. The molecule has 1 unspecified atom stereocenters. The first kappa shape index (κ1) is 16.3. The Kier molecular flexibility index (Phi) is 6.50. The number of aryl methyl sites for hydroxylation is 1. The fourth-order valence-corrected chi connectivity index (χ4v) is 3.40. The molecule has 21 heavy (non-hydrogen) atoms. The minimum absolute atomic E-state index is 0.920. The summed E-state index contributed by atoms with van der Waals surface area (Å²) in [5.41, 5.74) is 2.61. The van der Waals surface area contributed by atoms with E-state index in [9.17, 15) is 0 Å². The Labute approximate surface area is 130 Å². The molecule has 3 nitrogen and oxygen atoms in total. The number of pyridine rings is 1. The van der Waals surface area contributed by atoms with Crippen LogP contribution < -0.4 is 10.2 Å². The minimum Gasteiger partial charge on any atom is -0.356 e. The van der Waals surface area contributed by atoms with Gasteiger partial charge in [-0.25, -0.2) is 4.98 Å². The third kappa shape index (κ3) is 4.70. The first-order chi connectivity index (χ1) is 10.2. The first-order valence-electron chi connectivity index (χ1n) is 8.65. The number of nitrogens with one attached hydrogen (secondary N) is 1. The van der Waals surface area contributed by atoms with Gasteiger partial charge in [0.15, 0.2) is 0 Å². The lowest BCUT2D eigenvalue weighted by molar-refractivity contribution is 0.435. The van der Waals surface area contributed by atoms with Crippen molar-refractivity contribution in [2.75, 3.05) is 24.5 Å². The lowest BCUT2D eigenvalue weighted by Crippen LogP contribution is -2.26. The van der Waals surface area contributed by atoms with Gasteiger partial charge in [-0.15, -0.1) is 0 Å². The molecule has 0 amide bonds. The molecule has 1 saturated heterocycles. The predicted molar refractivity (Wildman–Crippen MR) is 90.8 cm³/mol. The van der Waals surface area contributed by atoms with Crippen LogP contribution in [0.2, 0.25) is 0 Å². The van der Waals surface area contributed by atoms with Crippen molar-refractivity contribution in [2.24, 2.45) is 5.92 Å². The minimum atomic E-state index is 0.920. The Morgan fingerprint density at radius 3 is 2.86 bits per heavy atom. The van der Waals surface area contributed by atoms with Crippen molar-refractivity contribution in [3.05, 3.63) is 23.4 Å². The first-order valence-corrected chi connectivity index (χ1v) is 8.65. The van der Waals surface area contributed by atoms with E-state index in [1.165, 1.54) is 62.1 Å². The summed E-state index contributed by atoms with van der Waals surface area (Å²) >= 11 is 0. The summed E-state index contributed by atoms with van der Waals surface area (Å²) in [5, 5.41) is 3.37. The largest absolute Gasteiger partial charge is 0.356 e. The molecular formula is C18H31N3. The highest BCUT2D eigenvalue weighted by Crippen LogP contribution is 2.26. The van der Waals surface area contributed by atoms with Gasteiger partial charge >= 0.3 is 0 Å². The van der Waals surface area contributed by atoms with E-state index in [-0.39, 0.29) is 0 Å². The Hall–Kier alpha value is -1.09. The summed E-state index contributed by atoms with van der Waals surface area (Å²) in [6.45, 7) is 10.9. The number of anilines is 1. The molecule has 0 spiro atoms. The summed E-state index contributed by atoms with van der Waals surface area (Å²) < 4.78 is 0. The number of hydrogen-bond donors (Lipinski definition) is 1. The Balaban J connectivity index is 2.00. The van der Waals surface area contributed by atoms with Gasteiger partial charge in [-0.3, -0.25) is 0 Å². The SMILES string of the molecule is CCCC1CCCN(c2ncc(CNCC)cc2C)CC1. The van der Waals surface area contributed by atoms with Gasteiger partial charge in [0, 0.05) is 25.8 Å². The normalized spacial score (nSPS) is 19.6. The van der Waals surface area contributed by atoms with Crippen molar-refractivity contribution >= 4 is 5.82 Å². The maximum Gasteiger partial charge on any atom is 0.131 e. The fraction of sp³-hybridized carbons (Fsp3) is 0.722. The van der Waals surface area contributed by atoms with E-state index >= 15 is 0 Å². The van der Waals surface area contributed by atoms with Gasteiger partial charge < -0.3 is 10.2 Å². The van der Waals surface area contributed by atoms with Crippen molar-refractivity contribution in [3.8, 4) is 0 Å². The van der Waals surface area contributed by atoms with Crippen LogP contribution in [-0.2, 0) is 6.54 Å². The van der Waals surface area contributed by atoms with Crippen LogP contribution in [0.1, 0.15) is 57.1 Å². The van der Waals surface area contributed by atoms with E-state index in [2.05, 4.69) is 37.1 Å². The van der Waals surface area contributed by atoms with Crippen molar-refractivity contribution < 1.29 is 0 Å². The van der Waals surface area contributed by atoms with E-state index in [4.69, 9.17) is 4.98 Å². The van der Waals surface area contributed by atoms with E-state index in [0.29, 0.717) is 0 Å². The summed E-state index contributed by atoms with van der Waals surface area (Å²) in [6, 6.07) is 2.29. The van der Waals surface area contributed by atoms with Gasteiger partial charge in [0.1, 0.15) is 5.82 Å². The van der Waals surface area contributed by atoms with Gasteiger partial charge in [-0.05, 0) is 55.8 Å². The van der Waals surface area contributed by atoms with Crippen molar-refractivity contribution in [1.82, 2.24) is 10.3 Å². The second kappa shape index (κ2) is 8.38. The van der Waals surface area contributed by atoms with Crippen LogP contribution in [0.5, 0.6) is 0 Å². The monoisotopic (exact) mass is 289 g/mol. The molecule has 1 aliphatic heterocycles. The highest BCUT2D eigenvalue weighted by molar-refractivity contribution is 5.47. The van der Waals surface area contributed by atoms with E-state index < -0.39 is 0 Å². The molecule has 2 rings (SSSR count). The molecule has 0 aromatic carbocycles. The van der Waals surface area contributed by atoms with Crippen LogP contribution >= 0.6 is 0 Å². The van der Waals surface area contributed by atoms with Crippen LogP contribution in [0.4, 0.5) is 5.82 Å². The summed E-state index contributed by atoms with van der Waals surface area (Å²) in [6.07, 6.45) is 8.78. The van der Waals surface area contributed by atoms with Crippen molar-refractivity contribution in [2.45, 2.75) is 59.4 Å². The zero-order chi connectivity index (χ0) is 15.1. The smallest absolute Gasteiger partial charge is 0.131 e. The van der Waals surface area contributed by atoms with Gasteiger partial charge in [0.25, 0.3) is 0 Å². The molecule has 1 aliphatic rings. The number of hydrogen-bond acceptors (Lipinski definition) is 3. The molecule has 0 aliphatic carbocycles. The van der Waals surface area contributed by atoms with Gasteiger partial charge in [-0.1, -0.05) is 26.7 Å². The van der Waals surface area contributed by atoms with E-state index in [1.54, 1.807) is 0 Å². The predicted octanol–water partition coefficient (Wildman–Crippen LogP) is 3.91. The van der Waals surface area contributed by atoms with E-state index in [1.807, 2.05) is 6.20 Å². The molecule has 1 atom stereocenters. The molecule has 3 heteroatoms. The van der Waals surface area contributed by atoms with Crippen LogP contribution in [-0.4, -0.2) is 24.6 Å². The summed E-state index contributed by atoms with van der Waals surface area (Å²) in [4.78, 5) is 7.26. The third-order valence-electron chi connectivity index (χ3n) is 4.53. The number of aromatic nitrogens is 1. The van der Waals surface area contributed by atoms with Crippen LogP contribution in [0, 0.1) is 12.8 Å². The van der Waals surface area contributed by atoms with Crippen molar-refractivity contribution in [1.29, 1.82) is 0 Å². The van der Waals surface area contributed by atoms with Gasteiger partial charge in [0.2, 0.25) is 0 Å². The number of rotatable bonds is 6. The molecule has 0 radical (unpaired) electrons. The topological polar surface area (TPSA) is 28.2 Å². The molecule has 1 aromatic heterocycles. The zero-order valence-electron chi connectivity index (χ0n) is 14.0. The standard InChI is InChI=1S/C18H31N3/c1-4-7-16-8-6-10-21(11-9-16)18-15(3)12-17(14-20-18)13-19-5-2/h12,14,16,19H,4-11,13H2,1-3H3. The quantitative estimate of drug-likeness (QED) is 0.860. The van der Waals surface area contributed by atoms with Crippen molar-refractivity contribution in [3.63, 3.8) is 0 Å². The fourth-order valence-electron chi connectivity index (χ4n) is 3.40. The molecular weight excluding hydrogens is 258 g/mol.